The second kappa shape index (κ2) is 5.99. The van der Waals surface area contributed by atoms with E-state index in [9.17, 15) is 9.59 Å². The summed E-state index contributed by atoms with van der Waals surface area (Å²) in [5.41, 5.74) is 9.29. The SMILES string of the molecule is CC(NC(=O)N1CCC(C(N)=O)C1)c1ccc2c(c1)CCC2. The Labute approximate surface area is 130 Å². The molecule has 0 spiro atoms. The number of nitrogens with zero attached hydrogens (tertiary/aromatic N) is 1. The first-order chi connectivity index (χ1) is 10.5. The fourth-order valence-electron chi connectivity index (χ4n) is 3.40. The second-order valence-electron chi connectivity index (χ2n) is 6.39. The fraction of sp³-hybridized carbons (Fsp3) is 0.529. The van der Waals surface area contributed by atoms with Crippen molar-refractivity contribution in [3.05, 3.63) is 34.9 Å². The average molecular weight is 301 g/mol. The standard InChI is InChI=1S/C17H23N3O2/c1-11(13-6-5-12-3-2-4-14(12)9-13)19-17(22)20-8-7-15(10-20)16(18)21/h5-6,9,11,15H,2-4,7-8,10H2,1H3,(H2,18,21)(H,19,22). The number of nitrogens with one attached hydrogen (secondary N) is 1. The van der Waals surface area contributed by atoms with Crippen molar-refractivity contribution in [2.75, 3.05) is 13.1 Å². The molecule has 0 bridgehead atoms. The molecular formula is C17H23N3O2. The maximum atomic E-state index is 12.3. The number of amides is 3. The van der Waals surface area contributed by atoms with E-state index in [1.165, 1.54) is 24.0 Å². The van der Waals surface area contributed by atoms with E-state index in [1.807, 2.05) is 6.92 Å². The summed E-state index contributed by atoms with van der Waals surface area (Å²) < 4.78 is 0. The summed E-state index contributed by atoms with van der Waals surface area (Å²) in [6, 6.07) is 6.34. The molecule has 2 aliphatic rings. The van der Waals surface area contributed by atoms with Crippen LogP contribution in [0.1, 0.15) is 42.5 Å². The number of aryl methyl sites for hydroxylation is 2. The number of carbonyl (C=O) groups is 2. The molecule has 3 rings (SSSR count). The Morgan fingerprint density at radius 2 is 2.09 bits per heavy atom. The van der Waals surface area contributed by atoms with Gasteiger partial charge in [-0.15, -0.1) is 0 Å². The second-order valence-corrected chi connectivity index (χ2v) is 6.39. The van der Waals surface area contributed by atoms with Gasteiger partial charge in [0.1, 0.15) is 0 Å². The highest BCUT2D eigenvalue weighted by molar-refractivity contribution is 5.80. The van der Waals surface area contributed by atoms with Crippen LogP contribution in [-0.2, 0) is 17.6 Å². The molecule has 1 aliphatic heterocycles. The molecule has 1 aromatic rings. The molecule has 2 atom stereocenters. The van der Waals surface area contributed by atoms with Gasteiger partial charge < -0.3 is 16.0 Å². The number of benzene rings is 1. The van der Waals surface area contributed by atoms with Crippen molar-refractivity contribution >= 4 is 11.9 Å². The zero-order valence-electron chi connectivity index (χ0n) is 13.0. The third-order valence-electron chi connectivity index (χ3n) is 4.84. The monoisotopic (exact) mass is 301 g/mol. The first-order valence-corrected chi connectivity index (χ1v) is 8.01. The van der Waals surface area contributed by atoms with Gasteiger partial charge in [-0.3, -0.25) is 4.79 Å². The van der Waals surface area contributed by atoms with Gasteiger partial charge >= 0.3 is 6.03 Å². The fourth-order valence-corrected chi connectivity index (χ4v) is 3.40. The minimum Gasteiger partial charge on any atom is -0.369 e. The topological polar surface area (TPSA) is 75.4 Å². The van der Waals surface area contributed by atoms with Crippen molar-refractivity contribution in [3.63, 3.8) is 0 Å². The zero-order valence-corrected chi connectivity index (χ0v) is 13.0. The van der Waals surface area contributed by atoms with E-state index in [4.69, 9.17) is 5.73 Å². The van der Waals surface area contributed by atoms with Gasteiger partial charge in [-0.25, -0.2) is 4.79 Å². The molecule has 1 heterocycles. The lowest BCUT2D eigenvalue weighted by molar-refractivity contribution is -0.121. The van der Waals surface area contributed by atoms with Crippen molar-refractivity contribution in [2.24, 2.45) is 11.7 Å². The normalized spacial score (nSPS) is 21.5. The highest BCUT2D eigenvalue weighted by Gasteiger charge is 2.30. The van der Waals surface area contributed by atoms with Crippen LogP contribution in [-0.4, -0.2) is 29.9 Å². The highest BCUT2D eigenvalue weighted by Crippen LogP contribution is 2.25. The third kappa shape index (κ3) is 2.93. The summed E-state index contributed by atoms with van der Waals surface area (Å²) >= 11 is 0. The molecule has 3 amide bonds. The van der Waals surface area contributed by atoms with Gasteiger partial charge in [-0.05, 0) is 49.3 Å². The van der Waals surface area contributed by atoms with Crippen molar-refractivity contribution in [3.8, 4) is 0 Å². The number of urea groups is 1. The quantitative estimate of drug-likeness (QED) is 0.892. The van der Waals surface area contributed by atoms with Crippen molar-refractivity contribution in [1.82, 2.24) is 10.2 Å². The number of primary amides is 1. The number of hydrogen-bond acceptors (Lipinski definition) is 2. The van der Waals surface area contributed by atoms with Crippen LogP contribution >= 0.6 is 0 Å². The Balaban J connectivity index is 1.61. The minimum atomic E-state index is -0.318. The molecule has 118 valence electrons. The molecular weight excluding hydrogens is 278 g/mol. The largest absolute Gasteiger partial charge is 0.369 e. The first kappa shape index (κ1) is 14.9. The number of fused-ring (bicyclic) bond motifs is 1. The van der Waals surface area contributed by atoms with Crippen LogP contribution in [0.15, 0.2) is 18.2 Å². The molecule has 5 heteroatoms. The van der Waals surface area contributed by atoms with Crippen LogP contribution < -0.4 is 11.1 Å². The summed E-state index contributed by atoms with van der Waals surface area (Å²) in [5.74, 6) is -0.525. The molecule has 1 saturated heterocycles. The Bertz CT molecular complexity index is 600. The van der Waals surface area contributed by atoms with Crippen LogP contribution in [0.3, 0.4) is 0 Å². The zero-order chi connectivity index (χ0) is 15.7. The molecule has 1 aliphatic carbocycles. The lowest BCUT2D eigenvalue weighted by Crippen LogP contribution is -2.40. The van der Waals surface area contributed by atoms with Gasteiger partial charge in [0.15, 0.2) is 0 Å². The van der Waals surface area contributed by atoms with E-state index in [1.54, 1.807) is 4.90 Å². The first-order valence-electron chi connectivity index (χ1n) is 8.01. The smallest absolute Gasteiger partial charge is 0.317 e. The molecule has 2 unspecified atom stereocenters. The minimum absolute atomic E-state index is 0.0361. The maximum Gasteiger partial charge on any atom is 0.317 e. The van der Waals surface area contributed by atoms with E-state index in [0.29, 0.717) is 19.5 Å². The van der Waals surface area contributed by atoms with E-state index in [2.05, 4.69) is 23.5 Å². The van der Waals surface area contributed by atoms with Crippen LogP contribution in [0.25, 0.3) is 0 Å². The van der Waals surface area contributed by atoms with E-state index in [0.717, 1.165) is 12.0 Å². The predicted molar refractivity (Wildman–Crippen MR) is 84.3 cm³/mol. The van der Waals surface area contributed by atoms with Gasteiger partial charge in [-0.2, -0.15) is 0 Å². The Hall–Kier alpha value is -2.04. The Morgan fingerprint density at radius 3 is 2.82 bits per heavy atom. The summed E-state index contributed by atoms with van der Waals surface area (Å²) in [4.78, 5) is 25.2. The molecule has 1 aromatic carbocycles. The van der Waals surface area contributed by atoms with Crippen LogP contribution in [0.4, 0.5) is 4.79 Å². The van der Waals surface area contributed by atoms with Crippen LogP contribution in [0, 0.1) is 5.92 Å². The maximum absolute atomic E-state index is 12.3. The molecule has 0 saturated carbocycles. The number of carbonyl (C=O) groups excluding carboxylic acids is 2. The van der Waals surface area contributed by atoms with E-state index < -0.39 is 0 Å². The van der Waals surface area contributed by atoms with E-state index in [-0.39, 0.29) is 23.9 Å². The van der Waals surface area contributed by atoms with Crippen LogP contribution in [0.5, 0.6) is 0 Å². The number of rotatable bonds is 3. The van der Waals surface area contributed by atoms with Gasteiger partial charge in [0.2, 0.25) is 5.91 Å². The summed E-state index contributed by atoms with van der Waals surface area (Å²) in [7, 11) is 0. The summed E-state index contributed by atoms with van der Waals surface area (Å²) in [5, 5.41) is 3.02. The van der Waals surface area contributed by atoms with Gasteiger partial charge in [-0.1, -0.05) is 18.2 Å². The molecule has 0 radical (unpaired) electrons. The predicted octanol–water partition coefficient (Wildman–Crippen LogP) is 1.75. The lowest BCUT2D eigenvalue weighted by atomic mass is 10.0. The highest BCUT2D eigenvalue weighted by atomic mass is 16.2. The third-order valence-corrected chi connectivity index (χ3v) is 4.84. The number of nitrogens with two attached hydrogens (primary N) is 1. The molecule has 3 N–H and O–H groups in total. The summed E-state index contributed by atoms with van der Waals surface area (Å²) in [6.07, 6.45) is 4.19. The Kier molecular flexibility index (Phi) is 4.05. The summed E-state index contributed by atoms with van der Waals surface area (Å²) in [6.45, 7) is 3.02. The molecule has 22 heavy (non-hydrogen) atoms. The van der Waals surface area contributed by atoms with E-state index >= 15 is 0 Å². The lowest BCUT2D eigenvalue weighted by Gasteiger charge is -2.21. The van der Waals surface area contributed by atoms with Gasteiger partial charge in [0, 0.05) is 13.1 Å². The molecule has 0 aromatic heterocycles. The molecule has 5 nitrogen and oxygen atoms in total. The number of likely N-dealkylation sites (tertiary alicyclic amines) is 1. The van der Waals surface area contributed by atoms with Crippen molar-refractivity contribution < 1.29 is 9.59 Å². The molecule has 1 fully saturated rings. The van der Waals surface area contributed by atoms with Gasteiger partial charge in [0.05, 0.1) is 12.0 Å². The van der Waals surface area contributed by atoms with Crippen LogP contribution in [0.2, 0.25) is 0 Å². The van der Waals surface area contributed by atoms with Crippen molar-refractivity contribution in [2.45, 2.75) is 38.6 Å². The Morgan fingerprint density at radius 1 is 1.32 bits per heavy atom. The van der Waals surface area contributed by atoms with Gasteiger partial charge in [0.25, 0.3) is 0 Å². The average Bonchev–Trinajstić information content (AvgIpc) is 3.15. The number of hydrogen-bond donors (Lipinski definition) is 2. The van der Waals surface area contributed by atoms with Crippen molar-refractivity contribution in [1.29, 1.82) is 0 Å².